The molecule has 0 aliphatic heterocycles. The van der Waals surface area contributed by atoms with E-state index >= 15 is 0 Å². The molecule has 0 bridgehead atoms. The third-order valence-electron chi connectivity index (χ3n) is 2.61. The van der Waals surface area contributed by atoms with Crippen molar-refractivity contribution in [2.24, 2.45) is 0 Å². The van der Waals surface area contributed by atoms with Crippen LogP contribution in [0.1, 0.15) is 5.56 Å². The third-order valence-corrected chi connectivity index (χ3v) is 4.63. The van der Waals surface area contributed by atoms with Gasteiger partial charge in [0.2, 0.25) is 0 Å². The molecule has 5 nitrogen and oxygen atoms in total. The average Bonchev–Trinajstić information content (AvgIpc) is 2.42. The maximum Gasteiger partial charge on any atom is 0.261 e. The van der Waals surface area contributed by atoms with Crippen molar-refractivity contribution in [1.29, 1.82) is 5.26 Å². The summed E-state index contributed by atoms with van der Waals surface area (Å²) >= 11 is 3.19. The van der Waals surface area contributed by atoms with E-state index in [-0.39, 0.29) is 16.1 Å². The van der Waals surface area contributed by atoms with Crippen LogP contribution in [0.15, 0.2) is 45.8 Å². The van der Waals surface area contributed by atoms with E-state index in [1.807, 2.05) is 0 Å². The molecule has 108 valence electrons. The number of anilines is 2. The molecule has 0 aromatic heterocycles. The largest absolute Gasteiger partial charge is 0.399 e. The van der Waals surface area contributed by atoms with Crippen LogP contribution in [0, 0.1) is 17.1 Å². The van der Waals surface area contributed by atoms with E-state index in [0.29, 0.717) is 10.2 Å². The quantitative estimate of drug-likeness (QED) is 0.812. The van der Waals surface area contributed by atoms with Crippen molar-refractivity contribution < 1.29 is 12.8 Å². The van der Waals surface area contributed by atoms with Crippen molar-refractivity contribution in [3.05, 3.63) is 52.3 Å². The number of rotatable bonds is 3. The second-order valence-electron chi connectivity index (χ2n) is 4.10. The van der Waals surface area contributed by atoms with Crippen LogP contribution >= 0.6 is 15.9 Å². The fraction of sp³-hybridized carbons (Fsp3) is 0. The Morgan fingerprint density at radius 1 is 1.24 bits per heavy atom. The van der Waals surface area contributed by atoms with Crippen molar-refractivity contribution in [2.45, 2.75) is 4.90 Å². The third kappa shape index (κ3) is 3.32. The molecule has 0 radical (unpaired) electrons. The van der Waals surface area contributed by atoms with E-state index in [2.05, 4.69) is 20.7 Å². The Hall–Kier alpha value is -2.11. The number of halogens is 2. The normalized spacial score (nSPS) is 10.9. The average molecular weight is 370 g/mol. The van der Waals surface area contributed by atoms with E-state index in [4.69, 9.17) is 11.0 Å². The highest BCUT2D eigenvalue weighted by atomic mass is 79.9. The first-order valence-corrected chi connectivity index (χ1v) is 7.88. The fourth-order valence-electron chi connectivity index (χ4n) is 1.58. The maximum absolute atomic E-state index is 13.2. The number of nitrogens with two attached hydrogens (primary N) is 1. The van der Waals surface area contributed by atoms with Gasteiger partial charge in [0, 0.05) is 10.2 Å². The zero-order valence-electron chi connectivity index (χ0n) is 10.5. The summed E-state index contributed by atoms with van der Waals surface area (Å²) in [7, 11) is -3.94. The van der Waals surface area contributed by atoms with E-state index in [1.165, 1.54) is 12.1 Å². The molecular formula is C13H9BrFN3O2S. The number of hydrogen-bond donors (Lipinski definition) is 2. The van der Waals surface area contributed by atoms with Gasteiger partial charge in [-0.05, 0) is 52.3 Å². The molecule has 0 fully saturated rings. The van der Waals surface area contributed by atoms with Gasteiger partial charge in [0.25, 0.3) is 10.0 Å². The lowest BCUT2D eigenvalue weighted by Gasteiger charge is -2.10. The zero-order chi connectivity index (χ0) is 15.6. The van der Waals surface area contributed by atoms with Crippen molar-refractivity contribution in [3.63, 3.8) is 0 Å². The molecule has 0 spiro atoms. The molecule has 0 unspecified atom stereocenters. The Labute approximate surface area is 129 Å². The molecule has 0 amide bonds. The number of nitrogens with one attached hydrogen (secondary N) is 1. The fourth-order valence-corrected chi connectivity index (χ4v) is 3.31. The summed E-state index contributed by atoms with van der Waals surface area (Å²) in [5, 5.41) is 8.75. The molecule has 0 saturated carbocycles. The lowest BCUT2D eigenvalue weighted by atomic mass is 10.2. The van der Waals surface area contributed by atoms with Gasteiger partial charge in [-0.2, -0.15) is 5.26 Å². The minimum atomic E-state index is -3.94. The van der Waals surface area contributed by atoms with E-state index in [0.717, 1.165) is 18.2 Å². The number of sulfonamides is 1. The molecule has 0 heterocycles. The number of hydrogen-bond acceptors (Lipinski definition) is 4. The maximum atomic E-state index is 13.2. The monoisotopic (exact) mass is 369 g/mol. The number of nitrogens with zero attached hydrogens (tertiary/aromatic N) is 1. The molecule has 0 aliphatic carbocycles. The molecule has 0 saturated heterocycles. The molecule has 0 atom stereocenters. The van der Waals surface area contributed by atoms with Crippen molar-refractivity contribution in [3.8, 4) is 6.07 Å². The summed E-state index contributed by atoms with van der Waals surface area (Å²) in [6, 6.07) is 9.17. The van der Waals surface area contributed by atoms with Gasteiger partial charge >= 0.3 is 0 Å². The van der Waals surface area contributed by atoms with Crippen LogP contribution in [0.25, 0.3) is 0 Å². The van der Waals surface area contributed by atoms with E-state index < -0.39 is 15.8 Å². The lowest BCUT2D eigenvalue weighted by molar-refractivity contribution is 0.599. The Kier molecular flexibility index (Phi) is 4.16. The van der Waals surface area contributed by atoms with Gasteiger partial charge in [0.1, 0.15) is 11.9 Å². The highest BCUT2D eigenvalue weighted by Gasteiger charge is 2.17. The number of nitriles is 1. The summed E-state index contributed by atoms with van der Waals surface area (Å²) in [5.41, 5.74) is 5.99. The Morgan fingerprint density at radius 3 is 2.57 bits per heavy atom. The van der Waals surface area contributed by atoms with Crippen molar-refractivity contribution in [2.75, 3.05) is 10.5 Å². The van der Waals surface area contributed by atoms with Crippen LogP contribution in [0.5, 0.6) is 0 Å². The van der Waals surface area contributed by atoms with Gasteiger partial charge in [0.05, 0.1) is 16.1 Å². The van der Waals surface area contributed by atoms with Crippen LogP contribution in [0.3, 0.4) is 0 Å². The molecule has 3 N–H and O–H groups in total. The van der Waals surface area contributed by atoms with Crippen LogP contribution in [0.2, 0.25) is 0 Å². The van der Waals surface area contributed by atoms with Crippen LogP contribution < -0.4 is 10.5 Å². The molecule has 21 heavy (non-hydrogen) atoms. The smallest absolute Gasteiger partial charge is 0.261 e. The molecular weight excluding hydrogens is 361 g/mol. The topological polar surface area (TPSA) is 96.0 Å². The van der Waals surface area contributed by atoms with E-state index in [1.54, 1.807) is 12.1 Å². The second kappa shape index (κ2) is 5.71. The van der Waals surface area contributed by atoms with Crippen LogP contribution in [0.4, 0.5) is 15.8 Å². The Balaban J connectivity index is 2.41. The lowest BCUT2D eigenvalue weighted by Crippen LogP contribution is -2.13. The first-order chi connectivity index (χ1) is 9.83. The van der Waals surface area contributed by atoms with Crippen LogP contribution in [-0.4, -0.2) is 8.42 Å². The minimum absolute atomic E-state index is 0.204. The molecule has 0 aliphatic rings. The molecule has 2 rings (SSSR count). The zero-order valence-corrected chi connectivity index (χ0v) is 12.9. The summed E-state index contributed by atoms with van der Waals surface area (Å²) in [4.78, 5) is -0.204. The van der Waals surface area contributed by atoms with E-state index in [9.17, 15) is 12.8 Å². The summed E-state index contributed by atoms with van der Waals surface area (Å²) in [6.45, 7) is 0. The van der Waals surface area contributed by atoms with Gasteiger partial charge in [-0.25, -0.2) is 12.8 Å². The Bertz CT molecular complexity index is 847. The minimum Gasteiger partial charge on any atom is -0.399 e. The van der Waals surface area contributed by atoms with Gasteiger partial charge in [-0.1, -0.05) is 0 Å². The van der Waals surface area contributed by atoms with Gasteiger partial charge in [0.15, 0.2) is 0 Å². The number of nitrogen functional groups attached to an aromatic ring is 1. The molecule has 8 heteroatoms. The van der Waals surface area contributed by atoms with Gasteiger partial charge in [-0.15, -0.1) is 0 Å². The van der Waals surface area contributed by atoms with Crippen molar-refractivity contribution in [1.82, 2.24) is 0 Å². The van der Waals surface area contributed by atoms with Crippen LogP contribution in [-0.2, 0) is 10.0 Å². The summed E-state index contributed by atoms with van der Waals surface area (Å²) in [5.74, 6) is -0.773. The first kappa shape index (κ1) is 15.3. The molecule has 2 aromatic rings. The van der Waals surface area contributed by atoms with Gasteiger partial charge < -0.3 is 5.73 Å². The van der Waals surface area contributed by atoms with Gasteiger partial charge in [-0.3, -0.25) is 4.72 Å². The standard InChI is InChI=1S/C13H9BrFN3O2S/c14-11-6-9(17)1-4-13(11)18-21(19,20)10-2-3-12(15)8(5-10)7-16/h1-6,18H,17H2. The second-order valence-corrected chi connectivity index (χ2v) is 6.63. The number of benzene rings is 2. The first-order valence-electron chi connectivity index (χ1n) is 5.61. The van der Waals surface area contributed by atoms with Crippen molar-refractivity contribution >= 4 is 37.3 Å². The highest BCUT2D eigenvalue weighted by molar-refractivity contribution is 9.10. The summed E-state index contributed by atoms with van der Waals surface area (Å²) < 4.78 is 40.5. The summed E-state index contributed by atoms with van der Waals surface area (Å²) in [6.07, 6.45) is 0. The Morgan fingerprint density at radius 2 is 1.95 bits per heavy atom. The highest BCUT2D eigenvalue weighted by Crippen LogP contribution is 2.27. The predicted octanol–water partition coefficient (Wildman–Crippen LogP) is 2.84. The SMILES string of the molecule is N#Cc1cc(S(=O)(=O)Nc2ccc(N)cc2Br)ccc1F. The predicted molar refractivity (Wildman–Crippen MR) is 80.5 cm³/mol. The molecule has 2 aromatic carbocycles.